The number of nitrogens with zero attached hydrogens (tertiary/aromatic N) is 3. The summed E-state index contributed by atoms with van der Waals surface area (Å²) in [5, 5.41) is 4.15. The molecule has 20 heavy (non-hydrogen) atoms. The third-order valence-electron chi connectivity index (χ3n) is 3.53. The summed E-state index contributed by atoms with van der Waals surface area (Å²) in [5.74, 6) is -0.100. The molecule has 0 aromatic carbocycles. The Labute approximate surface area is 128 Å². The van der Waals surface area contributed by atoms with E-state index in [0.717, 1.165) is 10.4 Å². The number of hydrogen-bond acceptors (Lipinski definition) is 3. The largest absolute Gasteiger partial charge is 0.338 e. The molecule has 0 fully saturated rings. The fraction of sp³-hybridized carbons (Fsp3) is 0.429. The van der Waals surface area contributed by atoms with Gasteiger partial charge in [0, 0.05) is 30.7 Å². The lowest BCUT2D eigenvalue weighted by Crippen LogP contribution is -2.32. The van der Waals surface area contributed by atoms with E-state index < -0.39 is 0 Å². The average Bonchev–Trinajstić information content (AvgIpc) is 3.04. The highest BCUT2D eigenvalue weighted by Crippen LogP contribution is 2.30. The van der Waals surface area contributed by atoms with Gasteiger partial charge in [0.05, 0.1) is 22.5 Å². The van der Waals surface area contributed by atoms with E-state index >= 15 is 0 Å². The van der Waals surface area contributed by atoms with Crippen molar-refractivity contribution < 1.29 is 4.79 Å². The van der Waals surface area contributed by atoms with Gasteiger partial charge in [-0.1, -0.05) is 11.6 Å². The fourth-order valence-corrected chi connectivity index (χ4v) is 3.16. The summed E-state index contributed by atoms with van der Waals surface area (Å²) < 4.78 is 2.45. The van der Waals surface area contributed by atoms with Crippen LogP contribution in [0.5, 0.6) is 0 Å². The smallest absolute Gasteiger partial charge is 0.230 e. The Hall–Kier alpha value is -1.33. The molecule has 0 bridgehead atoms. The number of carbonyl (C=O) groups excluding carboxylic acids is 1. The van der Waals surface area contributed by atoms with Crippen molar-refractivity contribution in [1.82, 2.24) is 14.7 Å². The summed E-state index contributed by atoms with van der Waals surface area (Å²) in [6.45, 7) is 3.92. The summed E-state index contributed by atoms with van der Waals surface area (Å²) in [7, 11) is 3.69. The maximum absolute atomic E-state index is 12.5. The van der Waals surface area contributed by atoms with Crippen molar-refractivity contribution in [2.45, 2.75) is 25.8 Å². The quantitative estimate of drug-likeness (QED) is 0.867. The van der Waals surface area contributed by atoms with Crippen LogP contribution in [0.4, 0.5) is 0 Å². The van der Waals surface area contributed by atoms with Crippen molar-refractivity contribution in [2.75, 3.05) is 7.05 Å². The van der Waals surface area contributed by atoms with Crippen LogP contribution in [0.3, 0.4) is 0 Å². The fourth-order valence-electron chi connectivity index (χ4n) is 2.06. The van der Waals surface area contributed by atoms with Crippen molar-refractivity contribution in [1.29, 1.82) is 0 Å². The Kier molecular flexibility index (Phi) is 4.50. The van der Waals surface area contributed by atoms with Crippen LogP contribution in [0.15, 0.2) is 24.5 Å². The van der Waals surface area contributed by atoms with E-state index in [1.54, 1.807) is 15.8 Å². The number of rotatable bonds is 4. The van der Waals surface area contributed by atoms with Crippen molar-refractivity contribution in [3.8, 4) is 0 Å². The normalized spacial score (nSPS) is 14.1. The minimum absolute atomic E-state index is 0.00548. The zero-order valence-corrected chi connectivity index (χ0v) is 13.6. The lowest BCUT2D eigenvalue weighted by Gasteiger charge is -2.26. The van der Waals surface area contributed by atoms with Gasteiger partial charge in [-0.05, 0) is 26.0 Å². The summed E-state index contributed by atoms with van der Waals surface area (Å²) >= 11 is 7.39. The van der Waals surface area contributed by atoms with Crippen LogP contribution >= 0.6 is 22.9 Å². The molecule has 0 saturated carbocycles. The Morgan fingerprint density at radius 2 is 2.15 bits per heavy atom. The molecule has 0 spiro atoms. The van der Waals surface area contributed by atoms with E-state index in [-0.39, 0.29) is 17.9 Å². The number of aryl methyl sites for hydroxylation is 1. The van der Waals surface area contributed by atoms with Gasteiger partial charge in [-0.2, -0.15) is 5.10 Å². The van der Waals surface area contributed by atoms with E-state index in [9.17, 15) is 4.79 Å². The molecule has 0 aliphatic heterocycles. The SMILES string of the molecule is C[C@@H](C(=O)N(C)[C@@H](C)c1cnn(C)c1)c1ccc(Cl)s1. The molecule has 2 heterocycles. The van der Waals surface area contributed by atoms with Crippen molar-refractivity contribution in [2.24, 2.45) is 7.05 Å². The van der Waals surface area contributed by atoms with Gasteiger partial charge in [0.15, 0.2) is 0 Å². The molecule has 0 aliphatic carbocycles. The molecule has 2 atom stereocenters. The third kappa shape index (κ3) is 3.04. The molecule has 4 nitrogen and oxygen atoms in total. The predicted molar refractivity (Wildman–Crippen MR) is 82.1 cm³/mol. The van der Waals surface area contributed by atoms with E-state index in [2.05, 4.69) is 5.10 Å². The highest BCUT2D eigenvalue weighted by molar-refractivity contribution is 7.16. The molecule has 0 radical (unpaired) electrons. The molecule has 6 heteroatoms. The molecule has 0 saturated heterocycles. The molecule has 2 aromatic rings. The maximum atomic E-state index is 12.5. The van der Waals surface area contributed by atoms with Crippen LogP contribution in [0, 0.1) is 0 Å². The van der Waals surface area contributed by atoms with Gasteiger partial charge in [0.25, 0.3) is 0 Å². The maximum Gasteiger partial charge on any atom is 0.230 e. The van der Waals surface area contributed by atoms with Crippen LogP contribution < -0.4 is 0 Å². The van der Waals surface area contributed by atoms with Gasteiger partial charge in [-0.15, -0.1) is 11.3 Å². The minimum atomic E-state index is -0.184. The molecule has 0 unspecified atom stereocenters. The minimum Gasteiger partial charge on any atom is -0.338 e. The first-order valence-electron chi connectivity index (χ1n) is 6.40. The summed E-state index contributed by atoms with van der Waals surface area (Å²) in [6, 6.07) is 3.74. The van der Waals surface area contributed by atoms with Gasteiger partial charge >= 0.3 is 0 Å². The van der Waals surface area contributed by atoms with E-state index in [1.807, 2.05) is 46.3 Å². The standard InChI is InChI=1S/C14H18ClN3OS/c1-9(12-5-6-13(15)20-12)14(19)18(4)10(2)11-7-16-17(3)8-11/h5-10H,1-4H3/t9-,10+/m1/s1. The molecule has 108 valence electrons. The molecule has 2 rings (SSSR count). The molecule has 2 aromatic heterocycles. The van der Waals surface area contributed by atoms with Gasteiger partial charge in [0.2, 0.25) is 5.91 Å². The monoisotopic (exact) mass is 311 g/mol. The number of likely N-dealkylation sites (N-methyl/N-ethyl adjacent to an activating group) is 1. The second-order valence-electron chi connectivity index (χ2n) is 4.94. The topological polar surface area (TPSA) is 38.1 Å². The van der Waals surface area contributed by atoms with Gasteiger partial charge in [0.1, 0.15) is 0 Å². The van der Waals surface area contributed by atoms with Crippen molar-refractivity contribution >= 4 is 28.8 Å². The lowest BCUT2D eigenvalue weighted by atomic mass is 10.1. The number of thiophene rings is 1. The molecular weight excluding hydrogens is 294 g/mol. The van der Waals surface area contributed by atoms with Gasteiger partial charge < -0.3 is 4.90 Å². The Morgan fingerprint density at radius 1 is 1.45 bits per heavy atom. The molecule has 0 aliphatic rings. The van der Waals surface area contributed by atoms with Gasteiger partial charge in [-0.3, -0.25) is 9.48 Å². The predicted octanol–water partition coefficient (Wildman–Crippen LogP) is 3.46. The molecule has 0 N–H and O–H groups in total. The third-order valence-corrected chi connectivity index (χ3v) is 4.94. The molecular formula is C14H18ClN3OS. The zero-order valence-electron chi connectivity index (χ0n) is 12.0. The van der Waals surface area contributed by atoms with Crippen LogP contribution in [0.1, 0.15) is 36.2 Å². The van der Waals surface area contributed by atoms with Crippen molar-refractivity contribution in [3.05, 3.63) is 39.3 Å². The summed E-state index contributed by atoms with van der Waals surface area (Å²) in [4.78, 5) is 15.3. The van der Waals surface area contributed by atoms with E-state index in [0.29, 0.717) is 4.34 Å². The first kappa shape index (κ1) is 15.1. The summed E-state index contributed by atoms with van der Waals surface area (Å²) in [6.07, 6.45) is 3.72. The summed E-state index contributed by atoms with van der Waals surface area (Å²) in [5.41, 5.74) is 1.03. The number of aromatic nitrogens is 2. The lowest BCUT2D eigenvalue weighted by molar-refractivity contribution is -0.133. The van der Waals surface area contributed by atoms with E-state index in [4.69, 9.17) is 11.6 Å². The van der Waals surface area contributed by atoms with Crippen LogP contribution in [-0.2, 0) is 11.8 Å². The van der Waals surface area contributed by atoms with Gasteiger partial charge in [-0.25, -0.2) is 0 Å². The first-order valence-corrected chi connectivity index (χ1v) is 7.60. The second kappa shape index (κ2) is 5.97. The first-order chi connectivity index (χ1) is 9.40. The number of hydrogen-bond donors (Lipinski definition) is 0. The Bertz CT molecular complexity index is 607. The van der Waals surface area contributed by atoms with Crippen LogP contribution in [0.2, 0.25) is 4.34 Å². The second-order valence-corrected chi connectivity index (χ2v) is 6.68. The zero-order chi connectivity index (χ0) is 14.9. The van der Waals surface area contributed by atoms with Crippen LogP contribution in [0.25, 0.3) is 0 Å². The van der Waals surface area contributed by atoms with Crippen molar-refractivity contribution in [3.63, 3.8) is 0 Å². The number of halogens is 1. The Morgan fingerprint density at radius 3 is 2.65 bits per heavy atom. The highest BCUT2D eigenvalue weighted by Gasteiger charge is 2.25. The van der Waals surface area contributed by atoms with E-state index in [1.165, 1.54) is 11.3 Å². The average molecular weight is 312 g/mol. The number of carbonyl (C=O) groups is 1. The Balaban J connectivity index is 2.12. The molecule has 1 amide bonds. The number of amides is 1. The highest BCUT2D eigenvalue weighted by atomic mass is 35.5. The van der Waals surface area contributed by atoms with Crippen LogP contribution in [-0.4, -0.2) is 27.6 Å².